The lowest BCUT2D eigenvalue weighted by Gasteiger charge is -2.25. The highest BCUT2D eigenvalue weighted by Crippen LogP contribution is 2.32. The number of halogens is 1. The van der Waals surface area contributed by atoms with E-state index in [9.17, 15) is 23.6 Å². The molecule has 1 heterocycles. The number of carbonyl (C=O) groups excluding carboxylic acids is 3. The second-order valence-electron chi connectivity index (χ2n) is 6.38. The fourth-order valence-electron chi connectivity index (χ4n) is 3.32. The third-order valence-corrected chi connectivity index (χ3v) is 5.40. The summed E-state index contributed by atoms with van der Waals surface area (Å²) in [6.07, 6.45) is 1.36. The van der Waals surface area contributed by atoms with Crippen LogP contribution in [0, 0.1) is 5.82 Å². The van der Waals surface area contributed by atoms with Crippen LogP contribution in [0.25, 0.3) is 0 Å². The Kier molecular flexibility index (Phi) is 4.56. The van der Waals surface area contributed by atoms with Crippen LogP contribution in [0.15, 0.2) is 76.2 Å². The minimum atomic E-state index is -1.44. The standard InChI is InChI=1S/C21H13FN2O4S/c22-12-7-5-11(6-8-12)18(25)17(24-9-10-29-21(24)28)15-16(23)20(27)14-4-2-1-3-13(14)19(15)26/h1-10,17H,23H2. The molecule has 0 fully saturated rings. The van der Waals surface area contributed by atoms with E-state index in [0.717, 1.165) is 28.0 Å². The molecule has 1 unspecified atom stereocenters. The second-order valence-corrected chi connectivity index (χ2v) is 7.24. The molecule has 29 heavy (non-hydrogen) atoms. The molecule has 2 aromatic carbocycles. The molecular weight excluding hydrogens is 395 g/mol. The molecule has 8 heteroatoms. The number of Topliss-reactive ketones (excluding diaryl/α,β-unsaturated/α-hetero) is 3. The summed E-state index contributed by atoms with van der Waals surface area (Å²) in [5.74, 6) is -2.38. The summed E-state index contributed by atoms with van der Waals surface area (Å²) < 4.78 is 14.4. The number of nitrogens with zero attached hydrogens (tertiary/aromatic N) is 1. The van der Waals surface area contributed by atoms with E-state index < -0.39 is 34.1 Å². The van der Waals surface area contributed by atoms with Gasteiger partial charge in [-0.25, -0.2) is 4.39 Å². The molecule has 0 saturated carbocycles. The number of allylic oxidation sites excluding steroid dienone is 2. The van der Waals surface area contributed by atoms with Gasteiger partial charge in [-0.05, 0) is 24.3 Å². The third kappa shape index (κ3) is 3.03. The van der Waals surface area contributed by atoms with E-state index in [-0.39, 0.29) is 28.0 Å². The Hall–Kier alpha value is -3.65. The molecule has 4 rings (SSSR count). The van der Waals surface area contributed by atoms with Crippen molar-refractivity contribution in [2.75, 3.05) is 0 Å². The molecule has 0 saturated heterocycles. The average molecular weight is 408 g/mol. The number of benzene rings is 2. The second kappa shape index (κ2) is 7.06. The normalized spacial score (nSPS) is 14.7. The zero-order chi connectivity index (χ0) is 20.7. The van der Waals surface area contributed by atoms with E-state index in [1.807, 2.05) is 0 Å². The number of thiazole rings is 1. The third-order valence-electron chi connectivity index (χ3n) is 4.73. The van der Waals surface area contributed by atoms with E-state index >= 15 is 0 Å². The zero-order valence-corrected chi connectivity index (χ0v) is 15.6. The van der Waals surface area contributed by atoms with Gasteiger partial charge < -0.3 is 5.73 Å². The molecule has 0 aliphatic heterocycles. The summed E-state index contributed by atoms with van der Waals surface area (Å²) >= 11 is 0.836. The van der Waals surface area contributed by atoms with Crippen LogP contribution >= 0.6 is 11.3 Å². The Morgan fingerprint density at radius 2 is 1.59 bits per heavy atom. The summed E-state index contributed by atoms with van der Waals surface area (Å²) in [6, 6.07) is 9.41. The monoisotopic (exact) mass is 408 g/mol. The maximum absolute atomic E-state index is 13.3. The lowest BCUT2D eigenvalue weighted by molar-refractivity contribution is 0.0899. The highest BCUT2D eigenvalue weighted by Gasteiger charge is 2.39. The van der Waals surface area contributed by atoms with Gasteiger partial charge in [0.1, 0.15) is 11.9 Å². The summed E-state index contributed by atoms with van der Waals surface area (Å²) in [5, 5.41) is 1.47. The van der Waals surface area contributed by atoms with Crippen LogP contribution in [0.5, 0.6) is 0 Å². The zero-order valence-electron chi connectivity index (χ0n) is 14.8. The summed E-state index contributed by atoms with van der Waals surface area (Å²) in [7, 11) is 0. The van der Waals surface area contributed by atoms with E-state index in [1.165, 1.54) is 35.8 Å². The van der Waals surface area contributed by atoms with Gasteiger partial charge in [0.2, 0.25) is 5.78 Å². The van der Waals surface area contributed by atoms with Crippen LogP contribution < -0.4 is 10.6 Å². The smallest absolute Gasteiger partial charge is 0.308 e. The maximum Gasteiger partial charge on any atom is 0.308 e. The van der Waals surface area contributed by atoms with Gasteiger partial charge >= 0.3 is 4.87 Å². The molecule has 1 aromatic heterocycles. The number of carbonyl (C=O) groups is 3. The van der Waals surface area contributed by atoms with Gasteiger partial charge in [0.05, 0.1) is 11.3 Å². The van der Waals surface area contributed by atoms with Crippen molar-refractivity contribution in [1.82, 2.24) is 4.57 Å². The lowest BCUT2D eigenvalue weighted by atomic mass is 9.82. The fraction of sp³-hybridized carbons (Fsp3) is 0.0476. The summed E-state index contributed by atoms with van der Waals surface area (Å²) in [4.78, 5) is 51.1. The van der Waals surface area contributed by atoms with Crippen molar-refractivity contribution < 1.29 is 18.8 Å². The minimum Gasteiger partial charge on any atom is -0.395 e. The first-order valence-electron chi connectivity index (χ1n) is 8.53. The summed E-state index contributed by atoms with van der Waals surface area (Å²) in [5.41, 5.74) is 5.70. The molecule has 0 bridgehead atoms. The van der Waals surface area contributed by atoms with Gasteiger partial charge in [0.15, 0.2) is 11.6 Å². The molecule has 1 aliphatic rings. The Morgan fingerprint density at radius 1 is 0.966 bits per heavy atom. The number of ketones is 3. The van der Waals surface area contributed by atoms with Crippen LogP contribution in [0.2, 0.25) is 0 Å². The highest BCUT2D eigenvalue weighted by atomic mass is 32.1. The number of fused-ring (bicyclic) bond motifs is 1. The molecule has 2 N–H and O–H groups in total. The van der Waals surface area contributed by atoms with Crippen molar-refractivity contribution in [3.63, 3.8) is 0 Å². The SMILES string of the molecule is NC1=C(C(C(=O)c2ccc(F)cc2)n2ccsc2=O)C(=O)c2ccccc2C1=O. The van der Waals surface area contributed by atoms with Crippen LogP contribution in [-0.4, -0.2) is 21.9 Å². The largest absolute Gasteiger partial charge is 0.395 e. The van der Waals surface area contributed by atoms with Gasteiger partial charge in [0.25, 0.3) is 0 Å². The molecule has 1 atom stereocenters. The number of nitrogens with two attached hydrogens (primary N) is 1. The maximum atomic E-state index is 13.3. The van der Waals surface area contributed by atoms with Crippen molar-refractivity contribution in [2.24, 2.45) is 5.73 Å². The van der Waals surface area contributed by atoms with Gasteiger partial charge in [-0.1, -0.05) is 35.6 Å². The minimum absolute atomic E-state index is 0.0777. The molecule has 144 valence electrons. The molecule has 0 spiro atoms. The van der Waals surface area contributed by atoms with E-state index in [0.29, 0.717) is 0 Å². The van der Waals surface area contributed by atoms with Crippen LogP contribution in [0.4, 0.5) is 4.39 Å². The quantitative estimate of drug-likeness (QED) is 0.670. The number of hydrogen-bond donors (Lipinski definition) is 1. The first-order valence-corrected chi connectivity index (χ1v) is 9.41. The van der Waals surface area contributed by atoms with Crippen LogP contribution in [0.3, 0.4) is 0 Å². The first kappa shape index (κ1) is 18.7. The van der Waals surface area contributed by atoms with E-state index in [2.05, 4.69) is 0 Å². The molecule has 0 radical (unpaired) electrons. The Balaban J connectivity index is 1.94. The average Bonchev–Trinajstić information content (AvgIpc) is 3.15. The number of aromatic nitrogens is 1. The van der Waals surface area contributed by atoms with E-state index in [4.69, 9.17) is 5.73 Å². The first-order chi connectivity index (χ1) is 13.9. The highest BCUT2D eigenvalue weighted by molar-refractivity contribution is 7.07. The molecule has 0 amide bonds. The topological polar surface area (TPSA) is 99.2 Å². The summed E-state index contributed by atoms with van der Waals surface area (Å²) in [6.45, 7) is 0. The van der Waals surface area contributed by atoms with Crippen molar-refractivity contribution in [3.8, 4) is 0 Å². The number of rotatable bonds is 4. The number of hydrogen-bond acceptors (Lipinski definition) is 6. The molecular formula is C21H13FN2O4S. The molecule has 3 aromatic rings. The fourth-order valence-corrected chi connectivity index (χ4v) is 3.92. The molecule has 6 nitrogen and oxygen atoms in total. The Labute approximate surface area is 167 Å². The van der Waals surface area contributed by atoms with Gasteiger partial charge in [-0.3, -0.25) is 23.7 Å². The van der Waals surface area contributed by atoms with Crippen LogP contribution in [0.1, 0.15) is 37.1 Å². The lowest BCUT2D eigenvalue weighted by Crippen LogP contribution is -2.36. The van der Waals surface area contributed by atoms with Crippen LogP contribution in [-0.2, 0) is 0 Å². The van der Waals surface area contributed by atoms with Crippen molar-refractivity contribution >= 4 is 28.7 Å². The Bertz CT molecular complexity index is 1250. The Morgan fingerprint density at radius 3 is 2.17 bits per heavy atom. The van der Waals surface area contributed by atoms with Crippen molar-refractivity contribution in [2.45, 2.75) is 6.04 Å². The van der Waals surface area contributed by atoms with Gasteiger partial charge in [-0.15, -0.1) is 0 Å². The van der Waals surface area contributed by atoms with Crippen molar-refractivity contribution in [1.29, 1.82) is 0 Å². The van der Waals surface area contributed by atoms with E-state index in [1.54, 1.807) is 12.1 Å². The van der Waals surface area contributed by atoms with Crippen molar-refractivity contribution in [3.05, 3.63) is 104 Å². The van der Waals surface area contributed by atoms with Gasteiger partial charge in [0, 0.05) is 28.3 Å². The predicted octanol–water partition coefficient (Wildman–Crippen LogP) is 2.76. The molecule has 1 aliphatic carbocycles. The van der Waals surface area contributed by atoms with Gasteiger partial charge in [-0.2, -0.15) is 0 Å². The predicted molar refractivity (Wildman–Crippen MR) is 105 cm³/mol.